The highest BCUT2D eigenvalue weighted by atomic mass is 16.2. The van der Waals surface area contributed by atoms with Gasteiger partial charge < -0.3 is 0 Å². The molecule has 5 nitrogen and oxygen atoms in total. The predicted molar refractivity (Wildman–Crippen MR) is 64.2 cm³/mol. The van der Waals surface area contributed by atoms with Crippen LogP contribution < -0.4 is 0 Å². The molecule has 0 fully saturated rings. The molecule has 0 bridgehead atoms. The van der Waals surface area contributed by atoms with E-state index in [4.69, 9.17) is 5.53 Å². The molecule has 0 radical (unpaired) electrons. The van der Waals surface area contributed by atoms with Crippen LogP contribution in [0, 0.1) is 0 Å². The van der Waals surface area contributed by atoms with E-state index in [2.05, 4.69) is 10.0 Å². The number of hydrogen-bond donors (Lipinski definition) is 0. The maximum absolute atomic E-state index is 11.6. The van der Waals surface area contributed by atoms with E-state index in [1.54, 1.807) is 0 Å². The molecule has 0 spiro atoms. The van der Waals surface area contributed by atoms with Gasteiger partial charge in [0.2, 0.25) is 5.91 Å². The van der Waals surface area contributed by atoms with Gasteiger partial charge in [0.15, 0.2) is 5.78 Å². The van der Waals surface area contributed by atoms with Crippen molar-refractivity contribution in [3.05, 3.63) is 22.1 Å². The number of amides is 1. The second-order valence-corrected chi connectivity index (χ2v) is 4.25. The van der Waals surface area contributed by atoms with Crippen molar-refractivity contribution in [2.45, 2.75) is 51.4 Å². The summed E-state index contributed by atoms with van der Waals surface area (Å²) in [5.41, 5.74) is 8.59. The average molecular weight is 235 g/mol. The lowest BCUT2D eigenvalue weighted by atomic mass is 10.0. The minimum Gasteiger partial charge on any atom is -0.295 e. The first-order valence-electron chi connectivity index (χ1n) is 6.07. The summed E-state index contributed by atoms with van der Waals surface area (Å²) >= 11 is 0. The van der Waals surface area contributed by atoms with Crippen molar-refractivity contribution in [2.24, 2.45) is 5.11 Å². The second-order valence-electron chi connectivity index (χ2n) is 4.25. The first-order valence-corrected chi connectivity index (χ1v) is 6.07. The second kappa shape index (κ2) is 7.63. The summed E-state index contributed by atoms with van der Waals surface area (Å²) in [4.78, 5) is 25.5. The molecule has 1 aliphatic carbocycles. The molecule has 0 aromatic carbocycles. The molecule has 1 amide bonds. The Balaban J connectivity index is 2.75. The van der Waals surface area contributed by atoms with Crippen molar-refractivity contribution in [1.82, 2.24) is 0 Å². The van der Waals surface area contributed by atoms with Crippen LogP contribution in [-0.4, -0.2) is 11.7 Å². The van der Waals surface area contributed by atoms with Crippen LogP contribution in [0.15, 0.2) is 16.8 Å². The van der Waals surface area contributed by atoms with Crippen molar-refractivity contribution >= 4 is 11.7 Å². The van der Waals surface area contributed by atoms with Gasteiger partial charge in [-0.2, -0.15) is 0 Å². The first-order chi connectivity index (χ1) is 8.24. The van der Waals surface area contributed by atoms with E-state index in [9.17, 15) is 9.59 Å². The third-order valence-corrected chi connectivity index (χ3v) is 2.86. The van der Waals surface area contributed by atoms with Gasteiger partial charge in [-0.1, -0.05) is 25.7 Å². The van der Waals surface area contributed by atoms with Gasteiger partial charge in [0, 0.05) is 16.9 Å². The first kappa shape index (κ1) is 13.5. The van der Waals surface area contributed by atoms with E-state index >= 15 is 0 Å². The number of allylic oxidation sites excluding steroid dienone is 1. The third kappa shape index (κ3) is 5.31. The molecule has 5 heteroatoms. The lowest BCUT2D eigenvalue weighted by Gasteiger charge is -2.01. The SMILES string of the molecule is [N-]=[N+]=NC(=O)/C1=C/C(=O)CCCCCCCC1. The standard InChI is InChI=1S/C12H17N3O2/c13-15-14-12(17)10-7-5-3-1-2-4-6-8-11(16)9-10/h9H,1-8H2/b10-9+. The molecule has 0 heterocycles. The van der Waals surface area contributed by atoms with Crippen LogP contribution in [0.25, 0.3) is 10.4 Å². The van der Waals surface area contributed by atoms with Crippen LogP contribution in [0.2, 0.25) is 0 Å². The van der Waals surface area contributed by atoms with Gasteiger partial charge in [0.05, 0.1) is 0 Å². The molecule has 0 aromatic rings. The van der Waals surface area contributed by atoms with Crippen molar-refractivity contribution < 1.29 is 9.59 Å². The van der Waals surface area contributed by atoms with E-state index in [1.165, 1.54) is 6.08 Å². The zero-order valence-electron chi connectivity index (χ0n) is 9.89. The number of carbonyl (C=O) groups is 2. The fourth-order valence-corrected chi connectivity index (χ4v) is 1.93. The highest BCUT2D eigenvalue weighted by Gasteiger charge is 2.10. The van der Waals surface area contributed by atoms with Crippen molar-refractivity contribution in [3.63, 3.8) is 0 Å². The predicted octanol–water partition coefficient (Wildman–Crippen LogP) is 3.45. The van der Waals surface area contributed by atoms with Crippen molar-refractivity contribution in [2.75, 3.05) is 0 Å². The summed E-state index contributed by atoms with van der Waals surface area (Å²) in [7, 11) is 0. The van der Waals surface area contributed by atoms with E-state index < -0.39 is 5.91 Å². The Morgan fingerprint density at radius 2 is 1.71 bits per heavy atom. The molecule has 92 valence electrons. The quantitative estimate of drug-likeness (QED) is 0.396. The van der Waals surface area contributed by atoms with Crippen molar-refractivity contribution in [3.8, 4) is 0 Å². The van der Waals surface area contributed by atoms with Gasteiger partial charge in [0.25, 0.3) is 0 Å². The van der Waals surface area contributed by atoms with Gasteiger partial charge in [-0.3, -0.25) is 9.59 Å². The lowest BCUT2D eigenvalue weighted by Crippen LogP contribution is -2.02. The molecular weight excluding hydrogens is 218 g/mol. The molecule has 0 aromatic heterocycles. The lowest BCUT2D eigenvalue weighted by molar-refractivity contribution is -0.117. The summed E-state index contributed by atoms with van der Waals surface area (Å²) in [5.74, 6) is -0.650. The van der Waals surface area contributed by atoms with E-state index in [-0.39, 0.29) is 5.78 Å². The summed E-state index contributed by atoms with van der Waals surface area (Å²) in [6.45, 7) is 0. The van der Waals surface area contributed by atoms with Crippen LogP contribution in [0.5, 0.6) is 0 Å². The van der Waals surface area contributed by atoms with Gasteiger partial charge in [0.1, 0.15) is 0 Å². The normalized spacial score (nSPS) is 21.6. The molecule has 1 rings (SSSR count). The van der Waals surface area contributed by atoms with Crippen LogP contribution >= 0.6 is 0 Å². The molecule has 0 saturated heterocycles. The Morgan fingerprint density at radius 1 is 1.12 bits per heavy atom. The molecule has 0 atom stereocenters. The number of ketones is 1. The Labute approximate surface area is 101 Å². The summed E-state index contributed by atoms with van der Waals surface area (Å²) in [6, 6.07) is 0. The summed E-state index contributed by atoms with van der Waals surface area (Å²) in [5, 5.41) is 3.05. The molecule has 0 unspecified atom stereocenters. The molecule has 0 N–H and O–H groups in total. The zero-order chi connectivity index (χ0) is 12.5. The number of azide groups is 1. The maximum Gasteiger partial charge on any atom is 0.245 e. The van der Waals surface area contributed by atoms with E-state index in [1.807, 2.05) is 0 Å². The van der Waals surface area contributed by atoms with Crippen LogP contribution in [0.1, 0.15) is 51.4 Å². The summed E-state index contributed by atoms with van der Waals surface area (Å²) < 4.78 is 0. The summed E-state index contributed by atoms with van der Waals surface area (Å²) in [6.07, 6.45) is 8.52. The Bertz CT molecular complexity index is 368. The monoisotopic (exact) mass is 235 g/mol. The zero-order valence-corrected chi connectivity index (χ0v) is 9.89. The van der Waals surface area contributed by atoms with E-state index in [0.29, 0.717) is 18.4 Å². The van der Waals surface area contributed by atoms with Gasteiger partial charge in [-0.05, 0) is 36.0 Å². The number of rotatable bonds is 1. The molecule has 0 aliphatic heterocycles. The highest BCUT2D eigenvalue weighted by molar-refractivity contribution is 6.02. The smallest absolute Gasteiger partial charge is 0.245 e. The minimum absolute atomic E-state index is 0.0385. The largest absolute Gasteiger partial charge is 0.295 e. The molecular formula is C12H17N3O2. The third-order valence-electron chi connectivity index (χ3n) is 2.86. The molecule has 1 aliphatic rings. The van der Waals surface area contributed by atoms with Crippen molar-refractivity contribution in [1.29, 1.82) is 0 Å². The van der Waals surface area contributed by atoms with E-state index in [0.717, 1.165) is 38.5 Å². The van der Waals surface area contributed by atoms with Crippen LogP contribution in [0.4, 0.5) is 0 Å². The van der Waals surface area contributed by atoms with Gasteiger partial charge >= 0.3 is 0 Å². The fourth-order valence-electron chi connectivity index (χ4n) is 1.93. The molecule has 17 heavy (non-hydrogen) atoms. The van der Waals surface area contributed by atoms with Crippen LogP contribution in [0.3, 0.4) is 0 Å². The molecule has 0 saturated carbocycles. The Hall–Kier alpha value is -1.61. The average Bonchev–Trinajstić information content (AvgIpc) is 2.34. The topological polar surface area (TPSA) is 82.9 Å². The fraction of sp³-hybridized carbons (Fsp3) is 0.667. The van der Waals surface area contributed by atoms with Gasteiger partial charge in [-0.15, -0.1) is 0 Å². The van der Waals surface area contributed by atoms with Gasteiger partial charge in [-0.25, -0.2) is 0 Å². The highest BCUT2D eigenvalue weighted by Crippen LogP contribution is 2.16. The Morgan fingerprint density at radius 3 is 2.35 bits per heavy atom. The number of nitrogens with zero attached hydrogens (tertiary/aromatic N) is 3. The minimum atomic E-state index is -0.611. The number of carbonyl (C=O) groups excluding carboxylic acids is 2. The number of hydrogen-bond acceptors (Lipinski definition) is 2. The Kier molecular flexibility index (Phi) is 6.04. The van der Waals surface area contributed by atoms with Crippen LogP contribution in [-0.2, 0) is 9.59 Å². The maximum atomic E-state index is 11.6.